The van der Waals surface area contributed by atoms with Gasteiger partial charge in [0.05, 0.1) is 13.7 Å². The molecule has 118 valence electrons. The standard InChI is InChI=1S/C15H21F3N2O/c1-10(20(12-5-6-12)9-15(16,17)18)14(19)11-3-7-13(21-2)8-4-11/h3-4,7-8,10,12,14H,5-6,9,19H2,1-2H3. The largest absolute Gasteiger partial charge is 0.497 e. The van der Waals surface area contributed by atoms with Crippen LogP contribution in [-0.4, -0.2) is 36.8 Å². The van der Waals surface area contributed by atoms with Gasteiger partial charge in [0.25, 0.3) is 0 Å². The van der Waals surface area contributed by atoms with E-state index in [0.717, 1.165) is 18.4 Å². The number of ether oxygens (including phenoxy) is 1. The van der Waals surface area contributed by atoms with Crippen molar-refractivity contribution in [1.29, 1.82) is 0 Å². The molecular weight excluding hydrogens is 281 g/mol. The molecule has 2 atom stereocenters. The number of hydrogen-bond acceptors (Lipinski definition) is 3. The first kappa shape index (κ1) is 16.1. The third-order valence-electron chi connectivity index (χ3n) is 3.92. The Hall–Kier alpha value is -1.27. The van der Waals surface area contributed by atoms with Crippen LogP contribution in [0.25, 0.3) is 0 Å². The van der Waals surface area contributed by atoms with Gasteiger partial charge in [-0.25, -0.2) is 0 Å². The minimum atomic E-state index is -4.20. The third kappa shape index (κ3) is 4.35. The van der Waals surface area contributed by atoms with Gasteiger partial charge in [-0.3, -0.25) is 4.90 Å². The van der Waals surface area contributed by atoms with Crippen molar-refractivity contribution in [1.82, 2.24) is 4.90 Å². The molecule has 1 saturated carbocycles. The molecule has 3 nitrogen and oxygen atoms in total. The number of alkyl halides is 3. The van der Waals surface area contributed by atoms with Crippen molar-refractivity contribution in [3.05, 3.63) is 29.8 Å². The fourth-order valence-electron chi connectivity index (χ4n) is 2.53. The molecule has 1 fully saturated rings. The molecule has 0 aromatic heterocycles. The van der Waals surface area contributed by atoms with E-state index in [1.807, 2.05) is 0 Å². The Balaban J connectivity index is 2.09. The predicted molar refractivity (Wildman–Crippen MR) is 75.2 cm³/mol. The maximum atomic E-state index is 12.7. The molecule has 0 aliphatic heterocycles. The Bertz CT molecular complexity index is 457. The fourth-order valence-corrected chi connectivity index (χ4v) is 2.53. The van der Waals surface area contributed by atoms with E-state index in [1.54, 1.807) is 38.3 Å². The zero-order valence-electron chi connectivity index (χ0n) is 12.2. The summed E-state index contributed by atoms with van der Waals surface area (Å²) in [4.78, 5) is 1.48. The second-order valence-corrected chi connectivity index (χ2v) is 5.56. The number of nitrogens with two attached hydrogens (primary N) is 1. The lowest BCUT2D eigenvalue weighted by molar-refractivity contribution is -0.152. The zero-order valence-corrected chi connectivity index (χ0v) is 12.2. The summed E-state index contributed by atoms with van der Waals surface area (Å²) in [6.45, 7) is 0.863. The van der Waals surface area contributed by atoms with Gasteiger partial charge in [0, 0.05) is 18.1 Å². The van der Waals surface area contributed by atoms with Gasteiger partial charge in [0.2, 0.25) is 0 Å². The lowest BCUT2D eigenvalue weighted by atomic mass is 9.99. The number of nitrogens with zero attached hydrogens (tertiary/aromatic N) is 1. The Kier molecular flexibility index (Phi) is 4.78. The molecule has 0 spiro atoms. The van der Waals surface area contributed by atoms with Crippen LogP contribution in [0.2, 0.25) is 0 Å². The molecule has 0 heterocycles. The highest BCUT2D eigenvalue weighted by atomic mass is 19.4. The van der Waals surface area contributed by atoms with Crippen LogP contribution < -0.4 is 10.5 Å². The van der Waals surface area contributed by atoms with Crippen LogP contribution in [0.3, 0.4) is 0 Å². The molecule has 2 rings (SSSR count). The molecule has 6 heteroatoms. The van der Waals surface area contributed by atoms with Crippen LogP contribution in [0.4, 0.5) is 13.2 Å². The molecule has 1 aromatic rings. The van der Waals surface area contributed by atoms with Crippen molar-refractivity contribution in [3.63, 3.8) is 0 Å². The number of rotatable bonds is 6. The van der Waals surface area contributed by atoms with Crippen LogP contribution in [-0.2, 0) is 0 Å². The smallest absolute Gasteiger partial charge is 0.401 e. The van der Waals surface area contributed by atoms with Crippen molar-refractivity contribution in [2.24, 2.45) is 5.73 Å². The van der Waals surface area contributed by atoms with Crippen LogP contribution in [0, 0.1) is 0 Å². The quantitative estimate of drug-likeness (QED) is 0.877. The van der Waals surface area contributed by atoms with E-state index in [4.69, 9.17) is 10.5 Å². The van der Waals surface area contributed by atoms with Gasteiger partial charge < -0.3 is 10.5 Å². The molecular formula is C15H21F3N2O. The van der Waals surface area contributed by atoms with E-state index in [2.05, 4.69) is 0 Å². The third-order valence-corrected chi connectivity index (χ3v) is 3.92. The van der Waals surface area contributed by atoms with E-state index in [9.17, 15) is 13.2 Å². The van der Waals surface area contributed by atoms with Gasteiger partial charge in [-0.2, -0.15) is 13.2 Å². The Morgan fingerprint density at radius 1 is 1.29 bits per heavy atom. The van der Waals surface area contributed by atoms with Crippen LogP contribution in [0.15, 0.2) is 24.3 Å². The molecule has 1 aromatic carbocycles. The van der Waals surface area contributed by atoms with Gasteiger partial charge in [-0.1, -0.05) is 12.1 Å². The Morgan fingerprint density at radius 2 is 1.86 bits per heavy atom. The van der Waals surface area contributed by atoms with Crippen molar-refractivity contribution >= 4 is 0 Å². The topological polar surface area (TPSA) is 38.5 Å². The second kappa shape index (κ2) is 6.23. The first-order valence-electron chi connectivity index (χ1n) is 7.04. The summed E-state index contributed by atoms with van der Waals surface area (Å²) in [7, 11) is 1.57. The number of benzene rings is 1. The van der Waals surface area contributed by atoms with Crippen LogP contribution in [0.1, 0.15) is 31.4 Å². The number of halogens is 3. The molecule has 21 heavy (non-hydrogen) atoms. The van der Waals surface area contributed by atoms with Crippen molar-refractivity contribution in [2.45, 2.75) is 44.1 Å². The molecule has 1 aliphatic rings. The highest BCUT2D eigenvalue weighted by Crippen LogP contribution is 2.34. The monoisotopic (exact) mass is 302 g/mol. The average molecular weight is 302 g/mol. The van der Waals surface area contributed by atoms with E-state index >= 15 is 0 Å². The van der Waals surface area contributed by atoms with Crippen molar-refractivity contribution in [2.75, 3.05) is 13.7 Å². The van der Waals surface area contributed by atoms with Gasteiger partial charge in [0.1, 0.15) is 5.75 Å². The highest BCUT2D eigenvalue weighted by molar-refractivity contribution is 5.29. The lowest BCUT2D eigenvalue weighted by Crippen LogP contribution is -2.46. The molecule has 2 unspecified atom stereocenters. The molecule has 0 amide bonds. The Labute approximate surface area is 122 Å². The van der Waals surface area contributed by atoms with Gasteiger partial charge in [0.15, 0.2) is 0 Å². The first-order valence-corrected chi connectivity index (χ1v) is 7.04. The summed E-state index contributed by atoms with van der Waals surface area (Å²) in [6, 6.07) is 6.33. The highest BCUT2D eigenvalue weighted by Gasteiger charge is 2.41. The lowest BCUT2D eigenvalue weighted by Gasteiger charge is -2.34. The van der Waals surface area contributed by atoms with Gasteiger partial charge >= 0.3 is 6.18 Å². The second-order valence-electron chi connectivity index (χ2n) is 5.56. The summed E-state index contributed by atoms with van der Waals surface area (Å²) < 4.78 is 43.2. The van der Waals surface area contributed by atoms with Gasteiger partial charge in [-0.05, 0) is 37.5 Å². The molecule has 0 radical (unpaired) electrons. The van der Waals surface area contributed by atoms with E-state index in [0.29, 0.717) is 5.75 Å². The number of hydrogen-bond donors (Lipinski definition) is 1. The maximum absolute atomic E-state index is 12.7. The van der Waals surface area contributed by atoms with Crippen LogP contribution in [0.5, 0.6) is 5.75 Å². The summed E-state index contributed by atoms with van der Waals surface area (Å²) in [5, 5.41) is 0. The summed E-state index contributed by atoms with van der Waals surface area (Å²) in [6.07, 6.45) is -2.57. The summed E-state index contributed by atoms with van der Waals surface area (Å²) in [5.74, 6) is 0.702. The normalized spacial score (nSPS) is 18.6. The number of methoxy groups -OCH3 is 1. The zero-order chi connectivity index (χ0) is 15.6. The Morgan fingerprint density at radius 3 is 2.29 bits per heavy atom. The summed E-state index contributed by atoms with van der Waals surface area (Å²) in [5.41, 5.74) is 6.98. The molecule has 2 N–H and O–H groups in total. The predicted octanol–water partition coefficient (Wildman–Crippen LogP) is 3.11. The van der Waals surface area contributed by atoms with E-state index < -0.39 is 18.8 Å². The van der Waals surface area contributed by atoms with Gasteiger partial charge in [-0.15, -0.1) is 0 Å². The fraction of sp³-hybridized carbons (Fsp3) is 0.600. The minimum absolute atomic E-state index is 0.00548. The minimum Gasteiger partial charge on any atom is -0.497 e. The van der Waals surface area contributed by atoms with Crippen molar-refractivity contribution in [3.8, 4) is 5.75 Å². The van der Waals surface area contributed by atoms with Crippen LogP contribution >= 0.6 is 0 Å². The molecule has 1 aliphatic carbocycles. The molecule has 0 bridgehead atoms. The van der Waals surface area contributed by atoms with E-state index in [-0.39, 0.29) is 12.1 Å². The maximum Gasteiger partial charge on any atom is 0.401 e. The average Bonchev–Trinajstić information content (AvgIpc) is 3.27. The first-order chi connectivity index (χ1) is 9.81. The SMILES string of the molecule is COc1ccc(C(N)C(C)N(CC(F)(F)F)C2CC2)cc1. The summed E-state index contributed by atoms with van der Waals surface area (Å²) >= 11 is 0. The van der Waals surface area contributed by atoms with E-state index in [1.165, 1.54) is 4.90 Å². The van der Waals surface area contributed by atoms with Crippen molar-refractivity contribution < 1.29 is 17.9 Å². The molecule has 0 saturated heterocycles.